The van der Waals surface area contributed by atoms with Crippen molar-refractivity contribution in [1.29, 1.82) is 0 Å². The Bertz CT molecular complexity index is 1710. The molecule has 0 atom stereocenters. The van der Waals surface area contributed by atoms with Gasteiger partial charge >= 0.3 is 16.4 Å². The molecule has 4 aromatic rings. The summed E-state index contributed by atoms with van der Waals surface area (Å²) >= 11 is 6.53. The number of rotatable bonds is 6. The number of pyridine rings is 1. The molecule has 0 unspecified atom stereocenters. The summed E-state index contributed by atoms with van der Waals surface area (Å²) in [6, 6.07) is 11.9. The third-order valence-electron chi connectivity index (χ3n) is 6.25. The number of ether oxygens (including phenoxy) is 1. The number of anilines is 1. The van der Waals surface area contributed by atoms with Crippen LogP contribution in [-0.2, 0) is 29.4 Å². The van der Waals surface area contributed by atoms with E-state index in [2.05, 4.69) is 14.4 Å². The molecular weight excluding hydrogens is 561 g/mol. The van der Waals surface area contributed by atoms with Crippen LogP contribution in [-0.4, -0.2) is 36.1 Å². The van der Waals surface area contributed by atoms with Gasteiger partial charge in [0.2, 0.25) is 0 Å². The second-order valence-corrected chi connectivity index (χ2v) is 10.7. The topological polar surface area (TPSA) is 107 Å². The lowest BCUT2D eigenvalue weighted by molar-refractivity contribution is -0.137. The summed E-state index contributed by atoms with van der Waals surface area (Å²) in [7, 11) is -2.59. The summed E-state index contributed by atoms with van der Waals surface area (Å²) in [5, 5.41) is 3.66. The first-order valence-corrected chi connectivity index (χ1v) is 13.3. The molecule has 2 aromatic carbocycles. The molecule has 14 heteroatoms. The molecule has 0 spiro atoms. The van der Waals surface area contributed by atoms with E-state index in [9.17, 15) is 26.4 Å². The second kappa shape index (κ2) is 10.1. The van der Waals surface area contributed by atoms with Gasteiger partial charge < -0.3 is 9.26 Å². The predicted octanol–water partition coefficient (Wildman–Crippen LogP) is 4.89. The largest absolute Gasteiger partial charge is 0.495 e. The zero-order valence-electron chi connectivity index (χ0n) is 20.2. The monoisotopic (exact) mass is 580 g/mol. The molecular formula is C25H20ClF3N4O5S. The van der Waals surface area contributed by atoms with Crippen LogP contribution in [0.25, 0.3) is 16.8 Å². The van der Waals surface area contributed by atoms with Gasteiger partial charge in [-0.05, 0) is 35.4 Å². The molecule has 1 aliphatic heterocycles. The van der Waals surface area contributed by atoms with Gasteiger partial charge in [0.25, 0.3) is 5.56 Å². The zero-order chi connectivity index (χ0) is 27.9. The SMILES string of the molecule is COc1cc(-c2cccc(C(F)(F)F)c2)c(Cl)cc1-n1c2c(ccc1=O)CN(S(=O)(=O)Nc1ccon1)CC2. The third kappa shape index (κ3) is 5.24. The van der Waals surface area contributed by atoms with Crippen molar-refractivity contribution in [3.05, 3.63) is 93.1 Å². The number of nitrogens with zero attached hydrogens (tertiary/aromatic N) is 3. The fraction of sp³-hybridized carbons (Fsp3) is 0.200. The minimum absolute atomic E-state index is 0.0266. The van der Waals surface area contributed by atoms with Gasteiger partial charge in [0.1, 0.15) is 12.0 Å². The van der Waals surface area contributed by atoms with Gasteiger partial charge in [-0.25, -0.2) is 0 Å². The molecule has 204 valence electrons. The number of methoxy groups -OCH3 is 1. The lowest BCUT2D eigenvalue weighted by Gasteiger charge is -2.30. The maximum Gasteiger partial charge on any atom is 0.416 e. The van der Waals surface area contributed by atoms with Gasteiger partial charge in [0.05, 0.1) is 23.4 Å². The summed E-state index contributed by atoms with van der Waals surface area (Å²) in [5.41, 5.74) is 0.678. The smallest absolute Gasteiger partial charge is 0.416 e. The highest BCUT2D eigenvalue weighted by Gasteiger charge is 2.32. The summed E-state index contributed by atoms with van der Waals surface area (Å²) < 4.78 is 80.6. The Hall–Kier alpha value is -3.81. The lowest BCUT2D eigenvalue weighted by Crippen LogP contribution is -2.41. The summed E-state index contributed by atoms with van der Waals surface area (Å²) in [6.45, 7) is 0.0309. The zero-order valence-corrected chi connectivity index (χ0v) is 21.8. The molecule has 5 rings (SSSR count). The minimum atomic E-state index is -4.53. The van der Waals surface area contributed by atoms with Crippen molar-refractivity contribution in [2.45, 2.75) is 19.1 Å². The van der Waals surface area contributed by atoms with Crippen LogP contribution in [0.15, 0.2) is 70.2 Å². The Morgan fingerprint density at radius 3 is 2.62 bits per heavy atom. The lowest BCUT2D eigenvalue weighted by atomic mass is 10.0. The summed E-state index contributed by atoms with van der Waals surface area (Å²) in [4.78, 5) is 13.0. The van der Waals surface area contributed by atoms with E-state index in [0.717, 1.165) is 12.1 Å². The number of benzene rings is 2. The van der Waals surface area contributed by atoms with Crippen LogP contribution < -0.4 is 15.0 Å². The van der Waals surface area contributed by atoms with E-state index in [1.165, 1.54) is 58.6 Å². The molecule has 1 N–H and O–H groups in total. The van der Waals surface area contributed by atoms with Gasteiger partial charge in [-0.15, -0.1) is 0 Å². The van der Waals surface area contributed by atoms with Gasteiger partial charge in [-0.2, -0.15) is 25.9 Å². The summed E-state index contributed by atoms with van der Waals surface area (Å²) in [5.74, 6) is 0.232. The number of halogens is 4. The Morgan fingerprint density at radius 2 is 1.92 bits per heavy atom. The van der Waals surface area contributed by atoms with Crippen LogP contribution in [0.4, 0.5) is 19.0 Å². The van der Waals surface area contributed by atoms with Crippen molar-refractivity contribution in [3.8, 4) is 22.6 Å². The average Bonchev–Trinajstić information content (AvgIpc) is 3.40. The highest BCUT2D eigenvalue weighted by atomic mass is 35.5. The second-order valence-electron chi connectivity index (χ2n) is 8.64. The first-order valence-electron chi connectivity index (χ1n) is 11.5. The highest BCUT2D eigenvalue weighted by Crippen LogP contribution is 2.39. The standard InChI is InChI=1S/C25H20ClF3N4O5S/c1-37-22-12-18(15-3-2-4-17(11-15)25(27,28)29)19(26)13-21(22)33-20-7-9-32(14-16(20)5-6-24(33)34)39(35,36)31-23-8-10-38-30-23/h2-6,8,10-13H,7,9,14H2,1H3,(H,30,31). The van der Waals surface area contributed by atoms with E-state index < -0.39 is 27.5 Å². The van der Waals surface area contributed by atoms with E-state index in [-0.39, 0.29) is 52.9 Å². The van der Waals surface area contributed by atoms with Crippen LogP contribution in [0.3, 0.4) is 0 Å². The predicted molar refractivity (Wildman–Crippen MR) is 137 cm³/mol. The van der Waals surface area contributed by atoms with Crippen molar-refractivity contribution in [1.82, 2.24) is 14.0 Å². The normalized spacial score (nSPS) is 14.2. The van der Waals surface area contributed by atoms with E-state index >= 15 is 0 Å². The number of nitrogens with one attached hydrogen (secondary N) is 1. The van der Waals surface area contributed by atoms with Crippen molar-refractivity contribution in [2.24, 2.45) is 0 Å². The third-order valence-corrected chi connectivity index (χ3v) is 8.03. The van der Waals surface area contributed by atoms with Gasteiger partial charge in [-0.3, -0.25) is 14.1 Å². The highest BCUT2D eigenvalue weighted by molar-refractivity contribution is 7.90. The molecule has 0 fully saturated rings. The Labute approximate surface area is 225 Å². The van der Waals surface area contributed by atoms with Crippen molar-refractivity contribution in [3.63, 3.8) is 0 Å². The molecule has 1 aliphatic rings. The van der Waals surface area contributed by atoms with Crippen LogP contribution in [0.2, 0.25) is 5.02 Å². The van der Waals surface area contributed by atoms with Crippen LogP contribution in [0.5, 0.6) is 5.75 Å². The molecule has 2 aromatic heterocycles. The van der Waals surface area contributed by atoms with Crippen molar-refractivity contribution in [2.75, 3.05) is 18.4 Å². The number of aromatic nitrogens is 2. The Kier molecular flexibility index (Phi) is 6.91. The maximum absolute atomic E-state index is 13.3. The molecule has 3 heterocycles. The van der Waals surface area contributed by atoms with Crippen molar-refractivity contribution < 1.29 is 30.8 Å². The van der Waals surface area contributed by atoms with Crippen LogP contribution in [0, 0.1) is 0 Å². The molecule has 0 saturated heterocycles. The molecule has 0 aliphatic carbocycles. The van der Waals surface area contributed by atoms with E-state index in [4.69, 9.17) is 16.3 Å². The molecule has 0 amide bonds. The molecule has 0 bridgehead atoms. The van der Waals surface area contributed by atoms with Gasteiger partial charge in [0.15, 0.2) is 5.82 Å². The van der Waals surface area contributed by atoms with Crippen molar-refractivity contribution >= 4 is 27.6 Å². The number of alkyl halides is 3. The molecule has 0 radical (unpaired) electrons. The molecule has 39 heavy (non-hydrogen) atoms. The van der Waals surface area contributed by atoms with Gasteiger partial charge in [-0.1, -0.05) is 35.0 Å². The Morgan fingerprint density at radius 1 is 1.13 bits per heavy atom. The fourth-order valence-electron chi connectivity index (χ4n) is 4.43. The molecule has 0 saturated carbocycles. The average molecular weight is 581 g/mol. The van der Waals surface area contributed by atoms with Gasteiger partial charge in [0, 0.05) is 42.9 Å². The number of hydrogen-bond donors (Lipinski definition) is 1. The number of fused-ring (bicyclic) bond motifs is 1. The van der Waals surface area contributed by atoms with Crippen LogP contribution >= 0.6 is 11.6 Å². The van der Waals surface area contributed by atoms with E-state index in [1.54, 1.807) is 6.07 Å². The maximum atomic E-state index is 13.3. The fourth-order valence-corrected chi connectivity index (χ4v) is 5.84. The Balaban J connectivity index is 1.54. The summed E-state index contributed by atoms with van der Waals surface area (Å²) in [6.07, 6.45) is -3.12. The quantitative estimate of drug-likeness (QED) is 0.348. The first kappa shape index (κ1) is 26.8. The molecule has 9 nitrogen and oxygen atoms in total. The van der Waals surface area contributed by atoms with E-state index in [0.29, 0.717) is 11.3 Å². The van der Waals surface area contributed by atoms with Crippen LogP contribution in [0.1, 0.15) is 16.8 Å². The minimum Gasteiger partial charge on any atom is -0.495 e. The number of hydrogen-bond acceptors (Lipinski definition) is 6. The van der Waals surface area contributed by atoms with E-state index in [1.807, 2.05) is 0 Å². The first-order chi connectivity index (χ1) is 18.5.